The van der Waals surface area contributed by atoms with E-state index in [2.05, 4.69) is 6.92 Å². The van der Waals surface area contributed by atoms with Crippen molar-refractivity contribution in [3.05, 3.63) is 6.92 Å². The van der Waals surface area contributed by atoms with Crippen LogP contribution in [-0.2, 0) is 0 Å². The first-order valence-electron chi connectivity index (χ1n) is 1.71. The molecule has 0 aliphatic rings. The quantitative estimate of drug-likeness (QED) is 0.375. The van der Waals surface area contributed by atoms with E-state index >= 15 is 0 Å². The van der Waals surface area contributed by atoms with Gasteiger partial charge in [0.15, 0.2) is 0 Å². The minimum absolute atomic E-state index is 0. The number of hydrogen-bond acceptors (Lipinski definition) is 1. The van der Waals surface area contributed by atoms with Gasteiger partial charge in [-0.1, -0.05) is 0 Å². The van der Waals surface area contributed by atoms with E-state index in [4.69, 9.17) is 0 Å². The summed E-state index contributed by atoms with van der Waals surface area (Å²) in [6.07, 6.45) is 0. The molecule has 0 aromatic rings. The van der Waals surface area contributed by atoms with Crippen molar-refractivity contribution in [1.29, 1.82) is 0 Å². The van der Waals surface area contributed by atoms with Crippen molar-refractivity contribution in [3.8, 4) is 0 Å². The average molecular weight is 88.0 g/mol. The van der Waals surface area contributed by atoms with Gasteiger partial charge in [-0.3, -0.25) is 0 Å². The molecule has 0 saturated carbocycles. The van der Waals surface area contributed by atoms with E-state index in [0.29, 0.717) is 0 Å². The summed E-state index contributed by atoms with van der Waals surface area (Å²) in [4.78, 5) is 2.01. The average Bonchev–Trinajstić information content (AvgIpc) is 1.38. The molecule has 1 nitrogen and oxygen atoms in total. The topological polar surface area (TPSA) is 3.24 Å². The third-order valence-electron chi connectivity index (χ3n) is 0.447. The van der Waals surface area contributed by atoms with E-state index < -0.39 is 0 Å². The van der Waals surface area contributed by atoms with E-state index in [1.54, 1.807) is 0 Å². The maximum atomic E-state index is 3.61. The maximum absolute atomic E-state index is 3.61. The van der Waals surface area contributed by atoms with Gasteiger partial charge in [0.25, 0.3) is 0 Å². The first-order valence-corrected chi connectivity index (χ1v) is 1.71. The first kappa shape index (κ1) is 15.7. The minimum atomic E-state index is 0. The van der Waals surface area contributed by atoms with E-state index in [1.165, 1.54) is 0 Å². The molecular weight excluding hydrogens is 75.9 g/mol. The van der Waals surface area contributed by atoms with Crippen molar-refractivity contribution >= 4 is 37.7 Å². The summed E-state index contributed by atoms with van der Waals surface area (Å²) in [6, 6.07) is 0. The molecule has 0 unspecified atom stereocenters. The van der Waals surface area contributed by atoms with Gasteiger partial charge in [0.1, 0.15) is 0 Å². The predicted molar refractivity (Wildman–Crippen MR) is 38.2 cm³/mol. The summed E-state index contributed by atoms with van der Waals surface area (Å²) in [6.45, 7) is 4.50. The summed E-state index contributed by atoms with van der Waals surface area (Å²) >= 11 is 0. The Morgan fingerprint density at radius 1 is 1.29 bits per heavy atom. The van der Waals surface area contributed by atoms with E-state index in [1.807, 2.05) is 19.0 Å². The third kappa shape index (κ3) is 19.1. The molecule has 35 valence electrons. The fraction of sp³-hybridized carbons (Fsp3) is 0.750. The van der Waals surface area contributed by atoms with Crippen LogP contribution in [0, 0.1) is 6.92 Å². The summed E-state index contributed by atoms with van der Waals surface area (Å²) < 4.78 is 0. The molecule has 0 spiro atoms. The molecule has 0 aromatic carbocycles. The van der Waals surface area contributed by atoms with Crippen LogP contribution in [0.5, 0.6) is 0 Å². The summed E-state index contributed by atoms with van der Waals surface area (Å²) in [5.74, 6) is 0. The second-order valence-electron chi connectivity index (χ2n) is 1.30. The Kier molecular flexibility index (Phi) is 22.9. The second-order valence-corrected chi connectivity index (χ2v) is 1.30. The zero-order valence-corrected chi connectivity index (χ0v) is 3.86. The Labute approximate surface area is 70.2 Å². The Morgan fingerprint density at radius 2 is 1.43 bits per heavy atom. The van der Waals surface area contributed by atoms with Gasteiger partial charge in [-0.05, 0) is 27.6 Å². The fourth-order valence-electron chi connectivity index (χ4n) is 0. The van der Waals surface area contributed by atoms with Crippen LogP contribution in [0.25, 0.3) is 0 Å². The standard InChI is InChI=1S/C4H10N.2Li.2H/c1-4-5(2)3;;;;/h1,4H2,2-3H3;;;;. The van der Waals surface area contributed by atoms with E-state index in [0.717, 1.165) is 6.54 Å². The van der Waals surface area contributed by atoms with E-state index in [-0.39, 0.29) is 37.7 Å². The first-order chi connectivity index (χ1) is 2.27. The Morgan fingerprint density at radius 3 is 1.43 bits per heavy atom. The molecular formula is C4H12Li2N. The second kappa shape index (κ2) is 10.2. The predicted octanol–water partition coefficient (Wildman–Crippen LogP) is -0.915. The van der Waals surface area contributed by atoms with Crippen molar-refractivity contribution in [2.45, 2.75) is 0 Å². The molecule has 0 N–H and O–H groups in total. The van der Waals surface area contributed by atoms with Crippen LogP contribution in [0.2, 0.25) is 0 Å². The zero-order valence-electron chi connectivity index (χ0n) is 3.86. The van der Waals surface area contributed by atoms with Crippen LogP contribution in [0.1, 0.15) is 0 Å². The SMILES string of the molecule is [CH2]CN(C)C.[LiH].[LiH]. The molecule has 0 aliphatic heterocycles. The van der Waals surface area contributed by atoms with Gasteiger partial charge >= 0.3 is 37.7 Å². The van der Waals surface area contributed by atoms with Crippen LogP contribution >= 0.6 is 0 Å². The van der Waals surface area contributed by atoms with Crippen LogP contribution in [-0.4, -0.2) is 63.3 Å². The van der Waals surface area contributed by atoms with Crippen LogP contribution in [0.4, 0.5) is 0 Å². The molecule has 3 heteroatoms. The van der Waals surface area contributed by atoms with Gasteiger partial charge < -0.3 is 4.90 Å². The van der Waals surface area contributed by atoms with Gasteiger partial charge in [-0.25, -0.2) is 0 Å². The van der Waals surface area contributed by atoms with Crippen LogP contribution in [0.15, 0.2) is 0 Å². The summed E-state index contributed by atoms with van der Waals surface area (Å²) in [5.41, 5.74) is 0. The molecule has 0 amide bonds. The summed E-state index contributed by atoms with van der Waals surface area (Å²) in [7, 11) is 3.99. The molecule has 7 heavy (non-hydrogen) atoms. The normalized spacial score (nSPS) is 6.86. The van der Waals surface area contributed by atoms with Crippen LogP contribution in [0.3, 0.4) is 0 Å². The molecule has 0 atom stereocenters. The monoisotopic (exact) mass is 88.1 g/mol. The van der Waals surface area contributed by atoms with Gasteiger partial charge in [-0.2, -0.15) is 0 Å². The molecule has 0 aromatic heterocycles. The van der Waals surface area contributed by atoms with Crippen molar-refractivity contribution in [3.63, 3.8) is 0 Å². The molecule has 0 fully saturated rings. The molecule has 0 bridgehead atoms. The van der Waals surface area contributed by atoms with Gasteiger partial charge in [0, 0.05) is 0 Å². The Hall–Kier alpha value is 1.15. The fourth-order valence-corrected chi connectivity index (χ4v) is 0. The molecule has 0 saturated heterocycles. The summed E-state index contributed by atoms with van der Waals surface area (Å²) in [5, 5.41) is 0. The molecule has 1 radical (unpaired) electrons. The third-order valence-corrected chi connectivity index (χ3v) is 0.447. The van der Waals surface area contributed by atoms with Crippen molar-refractivity contribution in [2.75, 3.05) is 20.6 Å². The molecule has 0 aliphatic carbocycles. The van der Waals surface area contributed by atoms with Crippen molar-refractivity contribution in [2.24, 2.45) is 0 Å². The zero-order chi connectivity index (χ0) is 4.28. The Bertz CT molecular complexity index is 23.7. The van der Waals surface area contributed by atoms with E-state index in [9.17, 15) is 0 Å². The number of rotatable bonds is 1. The van der Waals surface area contributed by atoms with Gasteiger partial charge in [0.05, 0.1) is 0 Å². The Balaban J connectivity index is -0.0000000800. The van der Waals surface area contributed by atoms with Gasteiger partial charge in [-0.15, -0.1) is 0 Å². The number of nitrogens with zero attached hydrogens (tertiary/aromatic N) is 1. The van der Waals surface area contributed by atoms with Crippen molar-refractivity contribution in [1.82, 2.24) is 4.90 Å². The van der Waals surface area contributed by atoms with Gasteiger partial charge in [0.2, 0.25) is 0 Å². The molecule has 0 rings (SSSR count). The number of hydrogen-bond donors (Lipinski definition) is 0. The molecule has 0 heterocycles. The van der Waals surface area contributed by atoms with Crippen molar-refractivity contribution < 1.29 is 0 Å². The van der Waals surface area contributed by atoms with Crippen LogP contribution < -0.4 is 0 Å².